The molecule has 4 aliphatic carbocycles. The summed E-state index contributed by atoms with van der Waals surface area (Å²) < 4.78 is 2.04. The molecule has 0 spiro atoms. The molecule has 0 unspecified atom stereocenters. The quantitative estimate of drug-likeness (QED) is 0.784. The van der Waals surface area contributed by atoms with Crippen molar-refractivity contribution in [3.05, 3.63) is 24.3 Å². The third-order valence-corrected chi connectivity index (χ3v) is 7.28. The largest absolute Gasteiger partial charge is 0.347 e. The minimum Gasteiger partial charge on any atom is -0.347 e. The van der Waals surface area contributed by atoms with Crippen LogP contribution in [0.25, 0.3) is 11.0 Å². The number of rotatable bonds is 6. The maximum atomic E-state index is 13.1. The monoisotopic (exact) mass is 394 g/mol. The summed E-state index contributed by atoms with van der Waals surface area (Å²) in [5, 5.41) is 5.87. The first-order valence-electron chi connectivity index (χ1n) is 11.1. The number of benzene rings is 1. The van der Waals surface area contributed by atoms with Gasteiger partial charge in [0.2, 0.25) is 17.8 Å². The van der Waals surface area contributed by atoms with Crippen LogP contribution in [0.4, 0.5) is 5.95 Å². The van der Waals surface area contributed by atoms with Crippen LogP contribution in [0.1, 0.15) is 51.9 Å². The Morgan fingerprint density at radius 1 is 1.10 bits per heavy atom. The molecule has 29 heavy (non-hydrogen) atoms. The highest BCUT2D eigenvalue weighted by molar-refractivity contribution is 5.95. The second-order valence-corrected chi connectivity index (χ2v) is 9.50. The standard InChI is InChI=1S/C23H30N4O2/c1-2-7-27-19-6-4-3-5-18(19)25-22(27)26-20(28)14-24-21(29)23-11-15-8-16(12-23)10-17(9-15)13-23/h3-6,15-17H,2,7-14H2,1H3,(H,24,29)(H,25,26,28). The molecular weight excluding hydrogens is 364 g/mol. The number of hydrogen-bond donors (Lipinski definition) is 2. The number of para-hydroxylation sites is 2. The number of anilines is 1. The van der Waals surface area contributed by atoms with Gasteiger partial charge < -0.3 is 9.88 Å². The lowest BCUT2D eigenvalue weighted by atomic mass is 9.49. The van der Waals surface area contributed by atoms with Crippen LogP contribution in [0.5, 0.6) is 0 Å². The fraction of sp³-hybridized carbons (Fsp3) is 0.609. The third-order valence-electron chi connectivity index (χ3n) is 7.28. The summed E-state index contributed by atoms with van der Waals surface area (Å²) in [5.74, 6) is 2.59. The SMILES string of the molecule is CCCn1c(NC(=O)CNC(=O)C23CC4CC(CC(C4)C2)C3)nc2ccccc21. The van der Waals surface area contributed by atoms with Crippen LogP contribution in [-0.4, -0.2) is 27.9 Å². The van der Waals surface area contributed by atoms with Crippen molar-refractivity contribution in [3.63, 3.8) is 0 Å². The van der Waals surface area contributed by atoms with Crippen LogP contribution < -0.4 is 10.6 Å². The van der Waals surface area contributed by atoms with Gasteiger partial charge in [0.1, 0.15) is 0 Å². The van der Waals surface area contributed by atoms with Gasteiger partial charge in [0.25, 0.3) is 0 Å². The summed E-state index contributed by atoms with van der Waals surface area (Å²) in [6.07, 6.45) is 7.91. The Hall–Kier alpha value is -2.37. The maximum absolute atomic E-state index is 13.1. The van der Waals surface area contributed by atoms with Gasteiger partial charge in [-0.3, -0.25) is 14.9 Å². The smallest absolute Gasteiger partial charge is 0.246 e. The van der Waals surface area contributed by atoms with E-state index in [0.29, 0.717) is 5.95 Å². The molecule has 4 bridgehead atoms. The van der Waals surface area contributed by atoms with Gasteiger partial charge in [-0.25, -0.2) is 4.98 Å². The molecule has 4 saturated carbocycles. The van der Waals surface area contributed by atoms with Gasteiger partial charge in [-0.1, -0.05) is 19.1 Å². The molecule has 0 radical (unpaired) electrons. The van der Waals surface area contributed by atoms with Crippen LogP contribution in [0.2, 0.25) is 0 Å². The average Bonchev–Trinajstić information content (AvgIpc) is 3.02. The molecule has 0 atom stereocenters. The number of aromatic nitrogens is 2. The van der Waals surface area contributed by atoms with E-state index in [1.165, 1.54) is 19.3 Å². The molecule has 6 nitrogen and oxygen atoms in total. The molecule has 2 aromatic rings. The van der Waals surface area contributed by atoms with E-state index in [1.54, 1.807) is 0 Å². The predicted molar refractivity (Wildman–Crippen MR) is 112 cm³/mol. The van der Waals surface area contributed by atoms with Gasteiger partial charge in [-0.15, -0.1) is 0 Å². The molecule has 6 rings (SSSR count). The van der Waals surface area contributed by atoms with Crippen LogP contribution >= 0.6 is 0 Å². The number of fused-ring (bicyclic) bond motifs is 1. The average molecular weight is 395 g/mol. The molecule has 0 aliphatic heterocycles. The number of carbonyl (C=O) groups is 2. The van der Waals surface area contributed by atoms with Gasteiger partial charge in [0.05, 0.1) is 17.6 Å². The molecule has 1 heterocycles. The van der Waals surface area contributed by atoms with Crippen molar-refractivity contribution < 1.29 is 9.59 Å². The Balaban J connectivity index is 1.24. The Bertz CT molecular complexity index is 912. The van der Waals surface area contributed by atoms with Crippen LogP contribution in [-0.2, 0) is 16.1 Å². The second kappa shape index (κ2) is 7.15. The first-order valence-corrected chi connectivity index (χ1v) is 11.1. The second-order valence-electron chi connectivity index (χ2n) is 9.50. The predicted octanol–water partition coefficient (Wildman–Crippen LogP) is 3.72. The zero-order valence-corrected chi connectivity index (χ0v) is 17.1. The number of imidazole rings is 1. The lowest BCUT2D eigenvalue weighted by Gasteiger charge is -2.55. The Kier molecular flexibility index (Phi) is 4.60. The van der Waals surface area contributed by atoms with E-state index >= 15 is 0 Å². The number of carbonyl (C=O) groups excluding carboxylic acids is 2. The highest BCUT2D eigenvalue weighted by Crippen LogP contribution is 2.60. The molecule has 2 N–H and O–H groups in total. The summed E-state index contributed by atoms with van der Waals surface area (Å²) in [5.41, 5.74) is 1.67. The lowest BCUT2D eigenvalue weighted by molar-refractivity contribution is -0.146. The topological polar surface area (TPSA) is 76.0 Å². The zero-order chi connectivity index (χ0) is 20.0. The van der Waals surface area contributed by atoms with Crippen molar-refractivity contribution in [3.8, 4) is 0 Å². The highest BCUT2D eigenvalue weighted by Gasteiger charge is 2.54. The van der Waals surface area contributed by atoms with E-state index in [4.69, 9.17) is 0 Å². The first kappa shape index (κ1) is 18.6. The van der Waals surface area contributed by atoms with Gasteiger partial charge in [-0.05, 0) is 74.8 Å². The zero-order valence-electron chi connectivity index (χ0n) is 17.1. The molecule has 4 fully saturated rings. The minimum absolute atomic E-state index is 0.00983. The van der Waals surface area contributed by atoms with Gasteiger partial charge >= 0.3 is 0 Å². The molecule has 6 heteroatoms. The van der Waals surface area contributed by atoms with Crippen molar-refractivity contribution in [2.45, 2.75) is 58.4 Å². The maximum Gasteiger partial charge on any atom is 0.246 e. The molecule has 1 aromatic heterocycles. The van der Waals surface area contributed by atoms with E-state index in [2.05, 4.69) is 22.5 Å². The number of nitrogens with zero attached hydrogens (tertiary/aromatic N) is 2. The molecule has 2 amide bonds. The highest BCUT2D eigenvalue weighted by atomic mass is 16.2. The number of amides is 2. The third kappa shape index (κ3) is 3.32. The van der Waals surface area contributed by atoms with Crippen molar-refractivity contribution in [1.82, 2.24) is 14.9 Å². The fourth-order valence-corrected chi connectivity index (χ4v) is 6.53. The fourth-order valence-electron chi connectivity index (χ4n) is 6.53. The van der Waals surface area contributed by atoms with Gasteiger partial charge in [-0.2, -0.15) is 0 Å². The number of aryl methyl sites for hydroxylation is 1. The summed E-state index contributed by atoms with van der Waals surface area (Å²) >= 11 is 0. The summed E-state index contributed by atoms with van der Waals surface area (Å²) in [6, 6.07) is 7.89. The van der Waals surface area contributed by atoms with Gasteiger partial charge in [0.15, 0.2) is 0 Å². The van der Waals surface area contributed by atoms with Crippen molar-refractivity contribution in [2.24, 2.45) is 23.2 Å². The Morgan fingerprint density at radius 3 is 2.41 bits per heavy atom. The molecule has 4 aliphatic rings. The molecule has 1 aromatic carbocycles. The van der Waals surface area contributed by atoms with Crippen molar-refractivity contribution >= 4 is 28.8 Å². The molecular formula is C23H30N4O2. The summed E-state index contributed by atoms with van der Waals surface area (Å²) in [7, 11) is 0. The number of hydrogen-bond acceptors (Lipinski definition) is 3. The van der Waals surface area contributed by atoms with E-state index in [1.807, 2.05) is 28.8 Å². The summed E-state index contributed by atoms with van der Waals surface area (Å²) in [4.78, 5) is 30.2. The normalized spacial score (nSPS) is 29.9. The van der Waals surface area contributed by atoms with Gasteiger partial charge in [0, 0.05) is 12.0 Å². The van der Waals surface area contributed by atoms with Crippen LogP contribution in [0.3, 0.4) is 0 Å². The van der Waals surface area contributed by atoms with E-state index in [9.17, 15) is 9.59 Å². The van der Waals surface area contributed by atoms with Crippen molar-refractivity contribution in [1.29, 1.82) is 0 Å². The molecule has 0 saturated heterocycles. The van der Waals surface area contributed by atoms with Crippen LogP contribution in [0, 0.1) is 23.2 Å². The van der Waals surface area contributed by atoms with E-state index in [0.717, 1.165) is 61.0 Å². The Labute approximate surface area is 171 Å². The van der Waals surface area contributed by atoms with Crippen molar-refractivity contribution in [2.75, 3.05) is 11.9 Å². The van der Waals surface area contributed by atoms with Crippen LogP contribution in [0.15, 0.2) is 24.3 Å². The minimum atomic E-state index is -0.218. The first-order chi connectivity index (χ1) is 14.1. The lowest BCUT2D eigenvalue weighted by Crippen LogP contribution is -2.54. The molecule has 154 valence electrons. The van der Waals surface area contributed by atoms with E-state index < -0.39 is 0 Å². The summed E-state index contributed by atoms with van der Waals surface area (Å²) in [6.45, 7) is 2.90. The van der Waals surface area contributed by atoms with E-state index in [-0.39, 0.29) is 23.8 Å². The number of nitrogens with one attached hydrogen (secondary N) is 2. The Morgan fingerprint density at radius 2 is 1.76 bits per heavy atom.